The van der Waals surface area contributed by atoms with Gasteiger partial charge in [-0.25, -0.2) is 4.98 Å². The molecular weight excluding hydrogens is 288 g/mol. The van der Waals surface area contributed by atoms with E-state index in [1.165, 1.54) is 0 Å². The quantitative estimate of drug-likeness (QED) is 0.882. The van der Waals surface area contributed by atoms with E-state index in [1.807, 2.05) is 17.6 Å². The van der Waals surface area contributed by atoms with Crippen LogP contribution < -0.4 is 5.32 Å². The average molecular weight is 303 g/mol. The van der Waals surface area contributed by atoms with Crippen molar-refractivity contribution >= 4 is 28.5 Å². The molecule has 5 nitrogen and oxygen atoms in total. The number of nitriles is 1. The number of benzene rings is 1. The summed E-state index contributed by atoms with van der Waals surface area (Å²) >= 11 is 5.97. The second-order valence-electron chi connectivity index (χ2n) is 5.28. The van der Waals surface area contributed by atoms with Crippen LogP contribution in [-0.2, 0) is 10.7 Å². The molecule has 1 heterocycles. The monoisotopic (exact) mass is 302 g/mol. The number of alkyl halides is 1. The van der Waals surface area contributed by atoms with Gasteiger partial charge >= 0.3 is 0 Å². The predicted molar refractivity (Wildman–Crippen MR) is 79.9 cm³/mol. The lowest BCUT2D eigenvalue weighted by Gasteiger charge is -2.16. The molecule has 0 aliphatic heterocycles. The predicted octanol–water partition coefficient (Wildman–Crippen LogP) is 2.49. The van der Waals surface area contributed by atoms with Gasteiger partial charge in [0.05, 0.1) is 17.0 Å². The fraction of sp³-hybridized carbons (Fsp3) is 0.400. The highest BCUT2D eigenvalue weighted by atomic mass is 35.5. The minimum absolute atomic E-state index is 0.0365. The van der Waals surface area contributed by atoms with Gasteiger partial charge in [-0.2, -0.15) is 5.26 Å². The molecule has 2 aromatic rings. The number of amides is 1. The minimum Gasteiger partial charge on any atom is -0.352 e. The third-order valence-electron chi connectivity index (χ3n) is 3.72. The Morgan fingerprint density at radius 1 is 1.62 bits per heavy atom. The second kappa shape index (κ2) is 5.38. The molecule has 1 amide bonds. The number of halogens is 1. The van der Waals surface area contributed by atoms with Gasteiger partial charge in [0.25, 0.3) is 0 Å². The number of carbonyl (C=O) groups is 1. The van der Waals surface area contributed by atoms with Crippen LogP contribution in [0.1, 0.15) is 37.2 Å². The molecule has 108 valence electrons. The van der Waals surface area contributed by atoms with Crippen LogP contribution >= 0.6 is 11.6 Å². The summed E-state index contributed by atoms with van der Waals surface area (Å²) in [6, 6.07) is 7.40. The molecule has 0 bridgehead atoms. The van der Waals surface area contributed by atoms with Crippen molar-refractivity contribution in [2.45, 2.75) is 37.7 Å². The Kier molecular flexibility index (Phi) is 3.56. The molecule has 1 N–H and O–H groups in total. The standard InChI is InChI=1S/C15H15ClN4O/c1-9(15(21)18-11-5-6-11)20-12-4-2-3-10(8-17)14(12)19-13(20)7-16/h2-4,9,11H,5-7H2,1H3,(H,18,21). The SMILES string of the molecule is CC(C(=O)NC1CC1)n1c(CCl)nc2c(C#N)cccc21. The molecule has 1 saturated carbocycles. The lowest BCUT2D eigenvalue weighted by atomic mass is 10.2. The average Bonchev–Trinajstić information content (AvgIpc) is 3.22. The summed E-state index contributed by atoms with van der Waals surface area (Å²) in [6.07, 6.45) is 2.09. The molecule has 0 saturated heterocycles. The first-order chi connectivity index (χ1) is 10.2. The highest BCUT2D eigenvalue weighted by Gasteiger charge is 2.28. The summed E-state index contributed by atoms with van der Waals surface area (Å²) in [7, 11) is 0. The first-order valence-electron chi connectivity index (χ1n) is 6.92. The molecule has 1 unspecified atom stereocenters. The zero-order valence-electron chi connectivity index (χ0n) is 11.6. The molecule has 21 heavy (non-hydrogen) atoms. The van der Waals surface area contributed by atoms with E-state index in [9.17, 15) is 10.1 Å². The normalized spacial score (nSPS) is 15.7. The third-order valence-corrected chi connectivity index (χ3v) is 3.96. The number of hydrogen-bond acceptors (Lipinski definition) is 3. The van der Waals surface area contributed by atoms with Crippen LogP contribution in [-0.4, -0.2) is 21.5 Å². The van der Waals surface area contributed by atoms with Gasteiger partial charge in [0.1, 0.15) is 23.5 Å². The molecule has 0 spiro atoms. The fourth-order valence-corrected chi connectivity index (χ4v) is 2.64. The molecule has 0 radical (unpaired) electrons. The number of rotatable bonds is 4. The molecule has 1 aliphatic rings. The number of para-hydroxylation sites is 1. The molecule has 1 atom stereocenters. The van der Waals surface area contributed by atoms with Crippen LogP contribution in [0.25, 0.3) is 11.0 Å². The van der Waals surface area contributed by atoms with Crippen LogP contribution in [0.15, 0.2) is 18.2 Å². The third kappa shape index (κ3) is 2.47. The molecule has 3 rings (SSSR count). The summed E-state index contributed by atoms with van der Waals surface area (Å²) in [6.45, 7) is 1.83. The summed E-state index contributed by atoms with van der Waals surface area (Å²) in [5.74, 6) is 0.763. The van der Waals surface area contributed by atoms with Crippen molar-refractivity contribution < 1.29 is 4.79 Å². The number of nitrogens with one attached hydrogen (secondary N) is 1. The van der Waals surface area contributed by atoms with Crippen LogP contribution in [0, 0.1) is 11.3 Å². The summed E-state index contributed by atoms with van der Waals surface area (Å²) in [4.78, 5) is 16.7. The topological polar surface area (TPSA) is 70.7 Å². The van der Waals surface area contributed by atoms with Crippen LogP contribution in [0.4, 0.5) is 0 Å². The molecule has 1 fully saturated rings. The maximum Gasteiger partial charge on any atom is 0.243 e. The molecular formula is C15H15ClN4O. The Labute approximate surface area is 127 Å². The Morgan fingerprint density at radius 2 is 2.38 bits per heavy atom. The van der Waals surface area contributed by atoms with Gasteiger partial charge in [0, 0.05) is 6.04 Å². The van der Waals surface area contributed by atoms with E-state index in [0.717, 1.165) is 18.4 Å². The Hall–Kier alpha value is -2.06. The Balaban J connectivity index is 2.07. The van der Waals surface area contributed by atoms with Gasteiger partial charge in [0.2, 0.25) is 5.91 Å². The van der Waals surface area contributed by atoms with E-state index in [2.05, 4.69) is 16.4 Å². The van der Waals surface area contributed by atoms with Crippen molar-refractivity contribution in [3.63, 3.8) is 0 Å². The minimum atomic E-state index is -0.404. The van der Waals surface area contributed by atoms with Crippen molar-refractivity contribution in [2.24, 2.45) is 0 Å². The summed E-state index contributed by atoms with van der Waals surface area (Å²) in [5, 5.41) is 12.2. The van der Waals surface area contributed by atoms with E-state index >= 15 is 0 Å². The largest absolute Gasteiger partial charge is 0.352 e. The van der Waals surface area contributed by atoms with Crippen molar-refractivity contribution in [3.8, 4) is 6.07 Å². The van der Waals surface area contributed by atoms with Crippen LogP contribution in [0.5, 0.6) is 0 Å². The number of imidazole rings is 1. The van der Waals surface area contributed by atoms with Gasteiger partial charge in [-0.1, -0.05) is 6.07 Å². The number of carbonyl (C=O) groups excluding carboxylic acids is 1. The van der Waals surface area contributed by atoms with Gasteiger partial charge in [0.15, 0.2) is 0 Å². The Morgan fingerprint density at radius 3 is 3.00 bits per heavy atom. The van der Waals surface area contributed by atoms with E-state index in [4.69, 9.17) is 11.6 Å². The lowest BCUT2D eigenvalue weighted by Crippen LogP contribution is -2.33. The van der Waals surface area contributed by atoms with Gasteiger partial charge in [-0.05, 0) is 31.9 Å². The van der Waals surface area contributed by atoms with Gasteiger partial charge < -0.3 is 9.88 Å². The number of fused-ring (bicyclic) bond motifs is 1. The summed E-state index contributed by atoms with van der Waals surface area (Å²) < 4.78 is 1.82. The van der Waals surface area contributed by atoms with E-state index in [-0.39, 0.29) is 11.8 Å². The van der Waals surface area contributed by atoms with Crippen molar-refractivity contribution in [3.05, 3.63) is 29.6 Å². The number of nitrogens with zero attached hydrogens (tertiary/aromatic N) is 3. The van der Waals surface area contributed by atoms with Gasteiger partial charge in [-0.3, -0.25) is 4.79 Å². The fourth-order valence-electron chi connectivity index (χ4n) is 2.45. The smallest absolute Gasteiger partial charge is 0.243 e. The summed E-state index contributed by atoms with van der Waals surface area (Å²) in [5.41, 5.74) is 1.86. The Bertz CT molecular complexity index is 742. The molecule has 1 aromatic carbocycles. The zero-order chi connectivity index (χ0) is 15.0. The molecule has 1 aliphatic carbocycles. The van der Waals surface area contributed by atoms with E-state index < -0.39 is 6.04 Å². The van der Waals surface area contributed by atoms with Crippen molar-refractivity contribution in [1.29, 1.82) is 5.26 Å². The van der Waals surface area contributed by atoms with E-state index in [1.54, 1.807) is 12.1 Å². The first kappa shape index (κ1) is 13.9. The van der Waals surface area contributed by atoms with Gasteiger partial charge in [-0.15, -0.1) is 11.6 Å². The number of aromatic nitrogens is 2. The maximum atomic E-state index is 12.3. The van der Waals surface area contributed by atoms with Crippen LogP contribution in [0.3, 0.4) is 0 Å². The second-order valence-corrected chi connectivity index (χ2v) is 5.54. The molecule has 6 heteroatoms. The van der Waals surface area contributed by atoms with Crippen molar-refractivity contribution in [1.82, 2.24) is 14.9 Å². The molecule has 1 aromatic heterocycles. The highest BCUT2D eigenvalue weighted by molar-refractivity contribution is 6.17. The number of hydrogen-bond donors (Lipinski definition) is 1. The lowest BCUT2D eigenvalue weighted by molar-refractivity contribution is -0.123. The highest BCUT2D eigenvalue weighted by Crippen LogP contribution is 2.26. The maximum absolute atomic E-state index is 12.3. The first-order valence-corrected chi connectivity index (χ1v) is 7.45. The van der Waals surface area contributed by atoms with Crippen molar-refractivity contribution in [2.75, 3.05) is 0 Å². The zero-order valence-corrected chi connectivity index (χ0v) is 12.4. The van der Waals surface area contributed by atoms with E-state index in [0.29, 0.717) is 22.9 Å². The van der Waals surface area contributed by atoms with Crippen LogP contribution in [0.2, 0.25) is 0 Å².